The van der Waals surface area contributed by atoms with Crippen molar-refractivity contribution in [1.29, 1.82) is 0 Å². The number of anilines is 1. The first-order valence-electron chi connectivity index (χ1n) is 7.08. The zero-order chi connectivity index (χ0) is 18.5. The topological polar surface area (TPSA) is 128 Å². The number of carboxylic acid groups (broad SMARTS) is 2. The lowest BCUT2D eigenvalue weighted by molar-refractivity contribution is -0.227. The summed E-state index contributed by atoms with van der Waals surface area (Å²) < 4.78 is 0. The fourth-order valence-electron chi connectivity index (χ4n) is 1.82. The van der Waals surface area contributed by atoms with E-state index in [1.54, 1.807) is 20.8 Å². The largest absolute Gasteiger partial charge is 0.479 e. The Morgan fingerprint density at radius 3 is 2.04 bits per heavy atom. The molecule has 4 N–H and O–H groups in total. The van der Waals surface area contributed by atoms with Gasteiger partial charge in [0.05, 0.1) is 5.60 Å². The van der Waals surface area contributed by atoms with Crippen molar-refractivity contribution in [3.8, 4) is 0 Å². The summed E-state index contributed by atoms with van der Waals surface area (Å²) in [6.45, 7) is 4.83. The summed E-state index contributed by atoms with van der Waals surface area (Å²) in [5, 5.41) is 24.0. The van der Waals surface area contributed by atoms with Crippen LogP contribution in [0.2, 0.25) is 0 Å². The smallest absolute Gasteiger partial charge is 0.432 e. The molecule has 1 unspecified atom stereocenters. The summed E-state index contributed by atoms with van der Waals surface area (Å²) in [6, 6.07) is 3.78. The monoisotopic (exact) mass is 339 g/mol. The molecule has 0 bridgehead atoms. The molecule has 1 aromatic rings. The number of nitrogens with one attached hydrogen (secondary N) is 2. The van der Waals surface area contributed by atoms with Crippen molar-refractivity contribution in [3.05, 3.63) is 29.8 Å². The second-order valence-corrected chi connectivity index (χ2v) is 5.88. The van der Waals surface area contributed by atoms with Crippen LogP contribution in [0.25, 0.3) is 0 Å². The summed E-state index contributed by atoms with van der Waals surface area (Å²) in [4.78, 5) is 39.5. The Morgan fingerprint density at radius 1 is 1.12 bits per heavy atom. The molecule has 1 atom stereocenters. The molecule has 24 heavy (non-hydrogen) atoms. The molecule has 0 aliphatic carbocycles. The third-order valence-corrected chi connectivity index (χ3v) is 2.74. The van der Waals surface area contributed by atoms with Crippen LogP contribution in [0.15, 0.2) is 24.3 Å². The van der Waals surface area contributed by atoms with Gasteiger partial charge in [-0.1, -0.05) is 12.1 Å². The number of nitrogens with zero attached hydrogens (tertiary/aromatic N) is 1. The normalized spacial score (nSPS) is 12.2. The zero-order valence-corrected chi connectivity index (χ0v) is 13.9. The molecule has 3 amide bonds. The Labute approximate surface area is 139 Å². The maximum Gasteiger partial charge on any atom is 0.432 e. The third kappa shape index (κ3) is 5.43. The molecule has 0 heterocycles. The highest BCUT2D eigenvalue weighted by molar-refractivity contribution is 5.89. The van der Waals surface area contributed by atoms with Gasteiger partial charge in [0.15, 0.2) is 6.04 Å². The molecule has 0 saturated carbocycles. The van der Waals surface area contributed by atoms with E-state index in [-0.39, 0.29) is 5.56 Å². The fourth-order valence-corrected chi connectivity index (χ4v) is 1.82. The van der Waals surface area contributed by atoms with Crippen molar-refractivity contribution < 1.29 is 29.4 Å². The van der Waals surface area contributed by atoms with Crippen LogP contribution in [-0.4, -0.2) is 46.0 Å². The second kappa shape index (κ2) is 7.64. The number of aliphatic carboxylic acids is 1. The molecule has 0 fully saturated rings. The van der Waals surface area contributed by atoms with Gasteiger partial charge in [-0.05, 0) is 38.5 Å². The zero-order valence-electron chi connectivity index (χ0n) is 13.9. The Bertz CT molecular complexity index is 609. The summed E-state index contributed by atoms with van der Waals surface area (Å²) in [7, 11) is 1.46. The molecule has 0 aliphatic rings. The Hall–Kier alpha value is -2.81. The Morgan fingerprint density at radius 2 is 1.67 bits per heavy atom. The van der Waals surface area contributed by atoms with Crippen molar-refractivity contribution in [3.63, 3.8) is 0 Å². The number of amides is 3. The average Bonchev–Trinajstić information content (AvgIpc) is 2.46. The molecular weight excluding hydrogens is 318 g/mol. The SMILES string of the molecule is CNC(=O)Nc1ccc(C(C(=O)O)N(OC(C)(C)C)C(=O)O)cc1. The first kappa shape index (κ1) is 19.2. The third-order valence-electron chi connectivity index (χ3n) is 2.74. The first-order valence-corrected chi connectivity index (χ1v) is 7.08. The van der Waals surface area contributed by atoms with E-state index in [2.05, 4.69) is 10.6 Å². The van der Waals surface area contributed by atoms with Crippen molar-refractivity contribution in [2.45, 2.75) is 32.4 Å². The molecule has 0 spiro atoms. The minimum Gasteiger partial charge on any atom is -0.479 e. The van der Waals surface area contributed by atoms with E-state index in [0.29, 0.717) is 10.8 Å². The number of benzene rings is 1. The van der Waals surface area contributed by atoms with Gasteiger partial charge in [0.25, 0.3) is 0 Å². The molecule has 9 nitrogen and oxygen atoms in total. The highest BCUT2D eigenvalue weighted by Crippen LogP contribution is 2.26. The molecular formula is C15H21N3O6. The van der Waals surface area contributed by atoms with Crippen LogP contribution in [0.1, 0.15) is 32.4 Å². The summed E-state index contributed by atoms with van der Waals surface area (Å²) >= 11 is 0. The maximum atomic E-state index is 11.6. The number of rotatable bonds is 5. The summed E-state index contributed by atoms with van der Waals surface area (Å²) in [5.41, 5.74) is -0.273. The van der Waals surface area contributed by atoms with E-state index in [1.807, 2.05) is 0 Å². The van der Waals surface area contributed by atoms with E-state index < -0.39 is 29.7 Å². The van der Waals surface area contributed by atoms with Crippen LogP contribution < -0.4 is 10.6 Å². The van der Waals surface area contributed by atoms with Crippen molar-refractivity contribution in [1.82, 2.24) is 10.4 Å². The highest BCUT2D eigenvalue weighted by Gasteiger charge is 2.35. The second-order valence-electron chi connectivity index (χ2n) is 5.88. The highest BCUT2D eigenvalue weighted by atomic mass is 16.7. The minimum atomic E-state index is -1.55. The van der Waals surface area contributed by atoms with Crippen LogP contribution >= 0.6 is 0 Å². The van der Waals surface area contributed by atoms with Gasteiger partial charge >= 0.3 is 18.1 Å². The van der Waals surface area contributed by atoms with Gasteiger partial charge in [-0.2, -0.15) is 5.06 Å². The fraction of sp³-hybridized carbons (Fsp3) is 0.400. The van der Waals surface area contributed by atoms with Crippen molar-refractivity contribution in [2.75, 3.05) is 12.4 Å². The molecule has 0 aromatic heterocycles. The quantitative estimate of drug-likeness (QED) is 0.609. The number of carbonyl (C=O) groups excluding carboxylic acids is 1. The van der Waals surface area contributed by atoms with E-state index in [4.69, 9.17) is 4.84 Å². The van der Waals surface area contributed by atoms with Gasteiger partial charge in [0, 0.05) is 12.7 Å². The molecule has 0 radical (unpaired) electrons. The first-order chi connectivity index (χ1) is 11.0. The Balaban J connectivity index is 3.12. The van der Waals surface area contributed by atoms with E-state index in [0.717, 1.165) is 0 Å². The number of hydrogen-bond acceptors (Lipinski definition) is 4. The van der Waals surface area contributed by atoms with Crippen LogP contribution in [-0.2, 0) is 9.63 Å². The van der Waals surface area contributed by atoms with Crippen molar-refractivity contribution >= 4 is 23.8 Å². The average molecular weight is 339 g/mol. The number of carboxylic acids is 1. The lowest BCUT2D eigenvalue weighted by Gasteiger charge is -2.31. The van der Waals surface area contributed by atoms with E-state index >= 15 is 0 Å². The van der Waals surface area contributed by atoms with Gasteiger partial charge < -0.3 is 20.8 Å². The number of urea groups is 1. The van der Waals surface area contributed by atoms with Gasteiger partial charge in [0.1, 0.15) is 0 Å². The molecule has 1 aromatic carbocycles. The lowest BCUT2D eigenvalue weighted by atomic mass is 10.1. The molecule has 0 saturated heterocycles. The van der Waals surface area contributed by atoms with Crippen molar-refractivity contribution in [2.24, 2.45) is 0 Å². The number of hydroxylamine groups is 2. The van der Waals surface area contributed by atoms with Gasteiger partial charge in [-0.15, -0.1) is 0 Å². The maximum absolute atomic E-state index is 11.6. The van der Waals surface area contributed by atoms with E-state index in [9.17, 15) is 24.6 Å². The standard InChI is InChI=1S/C15H21N3O6/c1-15(2,3)24-18(14(22)23)11(12(19)20)9-5-7-10(8-6-9)17-13(21)16-4/h5-8,11H,1-4H3,(H,19,20)(H,22,23)(H2,16,17,21). The number of hydrogen-bond donors (Lipinski definition) is 4. The molecule has 132 valence electrons. The molecule has 0 aliphatic heterocycles. The Kier molecular flexibility index (Phi) is 6.13. The predicted molar refractivity (Wildman–Crippen MR) is 85.6 cm³/mol. The number of carbonyl (C=O) groups is 3. The molecule has 1 rings (SSSR count). The van der Waals surface area contributed by atoms with E-state index in [1.165, 1.54) is 31.3 Å². The van der Waals surface area contributed by atoms with Gasteiger partial charge in [0.2, 0.25) is 0 Å². The summed E-state index contributed by atoms with van der Waals surface area (Å²) in [6.07, 6.45) is -1.52. The van der Waals surface area contributed by atoms with Crippen LogP contribution in [0.4, 0.5) is 15.3 Å². The van der Waals surface area contributed by atoms with Crippen LogP contribution in [0, 0.1) is 0 Å². The minimum absolute atomic E-state index is 0.191. The predicted octanol–water partition coefficient (Wildman–Crippen LogP) is 2.27. The molecule has 9 heteroatoms. The van der Waals surface area contributed by atoms with Crippen LogP contribution in [0.3, 0.4) is 0 Å². The van der Waals surface area contributed by atoms with Crippen LogP contribution in [0.5, 0.6) is 0 Å². The van der Waals surface area contributed by atoms with Gasteiger partial charge in [-0.25, -0.2) is 14.4 Å². The summed E-state index contributed by atoms with van der Waals surface area (Å²) in [5.74, 6) is -1.38. The lowest BCUT2D eigenvalue weighted by Crippen LogP contribution is -2.43. The van der Waals surface area contributed by atoms with Gasteiger partial charge in [-0.3, -0.25) is 4.84 Å².